The minimum Gasteiger partial charge on any atom is -0.389 e. The zero-order chi connectivity index (χ0) is 8.74. The maximum Gasteiger partial charge on any atom is 0.0915 e. The van der Waals surface area contributed by atoms with Crippen LogP contribution in [-0.2, 0) is 9.57 Å². The molecule has 0 rings (SSSR count). The molecule has 4 heteroatoms. The van der Waals surface area contributed by atoms with E-state index in [0.29, 0.717) is 19.8 Å². The van der Waals surface area contributed by atoms with Crippen LogP contribution in [0.15, 0.2) is 0 Å². The lowest BCUT2D eigenvalue weighted by Crippen LogP contribution is -2.35. The van der Waals surface area contributed by atoms with Crippen molar-refractivity contribution >= 4 is 0 Å². The molecule has 0 bridgehead atoms. The normalized spacial score (nSPS) is 12.0. The molecule has 0 spiro atoms. The Labute approximate surface area is 67.5 Å². The van der Waals surface area contributed by atoms with Gasteiger partial charge in [0.2, 0.25) is 0 Å². The Morgan fingerprint density at radius 2 is 2.00 bits per heavy atom. The second-order valence-corrected chi connectivity index (χ2v) is 2.97. The van der Waals surface area contributed by atoms with Gasteiger partial charge in [0.15, 0.2) is 0 Å². The number of hydrogen-bond acceptors (Lipinski definition) is 4. The minimum atomic E-state index is -0.729. The summed E-state index contributed by atoms with van der Waals surface area (Å²) in [4.78, 5) is 4.92. The molecule has 0 aliphatic heterocycles. The van der Waals surface area contributed by atoms with E-state index in [1.807, 2.05) is 0 Å². The minimum absolute atomic E-state index is 0.413. The summed E-state index contributed by atoms with van der Waals surface area (Å²) < 4.78 is 4.75. The molecule has 0 saturated heterocycles. The number of ether oxygens (including phenoxy) is 1. The standard InChI is InChI=1S/C7H17NO3/c1-7(2,9)6-8-11-5-4-10-3/h8-9H,4-6H2,1-3H3. The van der Waals surface area contributed by atoms with Crippen LogP contribution in [0, 0.1) is 0 Å². The van der Waals surface area contributed by atoms with Crippen LogP contribution in [0.1, 0.15) is 13.8 Å². The molecule has 11 heavy (non-hydrogen) atoms. The number of aliphatic hydroxyl groups is 1. The number of rotatable bonds is 6. The summed E-state index contributed by atoms with van der Waals surface area (Å²) in [5.74, 6) is 0. The Hall–Kier alpha value is -0.160. The molecular formula is C7H17NO3. The van der Waals surface area contributed by atoms with Gasteiger partial charge in [0.1, 0.15) is 0 Å². The van der Waals surface area contributed by atoms with E-state index in [-0.39, 0.29) is 0 Å². The summed E-state index contributed by atoms with van der Waals surface area (Å²) >= 11 is 0. The zero-order valence-electron chi connectivity index (χ0n) is 7.39. The van der Waals surface area contributed by atoms with Crippen molar-refractivity contribution in [2.75, 3.05) is 26.9 Å². The van der Waals surface area contributed by atoms with E-state index in [9.17, 15) is 5.11 Å². The average Bonchev–Trinajstić information content (AvgIpc) is 1.85. The van der Waals surface area contributed by atoms with E-state index in [4.69, 9.17) is 9.57 Å². The molecule has 0 amide bonds. The van der Waals surface area contributed by atoms with Crippen molar-refractivity contribution in [3.8, 4) is 0 Å². The Morgan fingerprint density at radius 1 is 1.36 bits per heavy atom. The molecule has 0 heterocycles. The highest BCUT2D eigenvalue weighted by atomic mass is 16.7. The van der Waals surface area contributed by atoms with Gasteiger partial charge in [-0.3, -0.25) is 4.84 Å². The average molecular weight is 163 g/mol. The summed E-state index contributed by atoms with van der Waals surface area (Å²) in [6.45, 7) is 4.88. The fourth-order valence-electron chi connectivity index (χ4n) is 0.425. The maximum absolute atomic E-state index is 9.20. The van der Waals surface area contributed by atoms with E-state index in [1.54, 1.807) is 21.0 Å². The largest absolute Gasteiger partial charge is 0.389 e. The lowest BCUT2D eigenvalue weighted by molar-refractivity contribution is -0.0313. The third-order valence-electron chi connectivity index (χ3n) is 0.996. The maximum atomic E-state index is 9.20. The molecule has 0 aromatic heterocycles. The number of nitrogens with one attached hydrogen (secondary N) is 1. The van der Waals surface area contributed by atoms with Gasteiger partial charge < -0.3 is 9.84 Å². The number of methoxy groups -OCH3 is 1. The molecule has 0 aromatic carbocycles. The van der Waals surface area contributed by atoms with Crippen molar-refractivity contribution in [2.45, 2.75) is 19.4 Å². The molecule has 0 aromatic rings. The lowest BCUT2D eigenvalue weighted by atomic mass is 10.1. The van der Waals surface area contributed by atoms with Gasteiger partial charge in [-0.2, -0.15) is 5.48 Å². The molecule has 0 aliphatic rings. The highest BCUT2D eigenvalue weighted by Crippen LogP contribution is 1.96. The first-order chi connectivity index (χ1) is 5.06. The first kappa shape index (κ1) is 10.8. The highest BCUT2D eigenvalue weighted by Gasteiger charge is 2.10. The van der Waals surface area contributed by atoms with Crippen molar-refractivity contribution in [3.63, 3.8) is 0 Å². The Bertz CT molecular complexity index is 90.2. The Balaban J connectivity index is 3.02. The summed E-state index contributed by atoms with van der Waals surface area (Å²) in [6, 6.07) is 0. The van der Waals surface area contributed by atoms with Gasteiger partial charge in [-0.05, 0) is 13.8 Å². The van der Waals surface area contributed by atoms with Crippen LogP contribution in [0.4, 0.5) is 0 Å². The molecule has 68 valence electrons. The molecule has 4 nitrogen and oxygen atoms in total. The van der Waals surface area contributed by atoms with E-state index in [0.717, 1.165) is 0 Å². The monoisotopic (exact) mass is 163 g/mol. The van der Waals surface area contributed by atoms with E-state index in [1.165, 1.54) is 0 Å². The van der Waals surface area contributed by atoms with E-state index < -0.39 is 5.60 Å². The van der Waals surface area contributed by atoms with Crippen molar-refractivity contribution < 1.29 is 14.7 Å². The predicted molar refractivity (Wildman–Crippen MR) is 42.1 cm³/mol. The summed E-state index contributed by atoms with van der Waals surface area (Å²) in [5.41, 5.74) is 1.90. The van der Waals surface area contributed by atoms with Crippen molar-refractivity contribution in [3.05, 3.63) is 0 Å². The van der Waals surface area contributed by atoms with Crippen molar-refractivity contribution in [1.29, 1.82) is 0 Å². The van der Waals surface area contributed by atoms with Crippen LogP contribution in [0.5, 0.6) is 0 Å². The first-order valence-corrected chi connectivity index (χ1v) is 3.62. The van der Waals surface area contributed by atoms with E-state index >= 15 is 0 Å². The van der Waals surface area contributed by atoms with E-state index in [2.05, 4.69) is 5.48 Å². The Kier molecular flexibility index (Phi) is 5.41. The molecule has 0 atom stereocenters. The van der Waals surface area contributed by atoms with Gasteiger partial charge in [-0.1, -0.05) is 0 Å². The fraction of sp³-hybridized carbons (Fsp3) is 1.00. The quantitative estimate of drug-likeness (QED) is 0.425. The smallest absolute Gasteiger partial charge is 0.0915 e. The van der Waals surface area contributed by atoms with Crippen LogP contribution in [0.3, 0.4) is 0 Å². The van der Waals surface area contributed by atoms with Gasteiger partial charge in [-0.25, -0.2) is 0 Å². The molecular weight excluding hydrogens is 146 g/mol. The van der Waals surface area contributed by atoms with Gasteiger partial charge >= 0.3 is 0 Å². The summed E-state index contributed by atoms with van der Waals surface area (Å²) in [7, 11) is 1.61. The second-order valence-electron chi connectivity index (χ2n) is 2.97. The first-order valence-electron chi connectivity index (χ1n) is 3.62. The zero-order valence-corrected chi connectivity index (χ0v) is 7.39. The number of hydroxylamine groups is 1. The van der Waals surface area contributed by atoms with Gasteiger partial charge in [0, 0.05) is 13.7 Å². The lowest BCUT2D eigenvalue weighted by Gasteiger charge is -2.17. The molecule has 0 saturated carbocycles. The highest BCUT2D eigenvalue weighted by molar-refractivity contribution is 4.64. The van der Waals surface area contributed by atoms with Gasteiger partial charge in [-0.15, -0.1) is 0 Å². The predicted octanol–water partition coefficient (Wildman–Crippen LogP) is -0.0751. The third-order valence-corrected chi connectivity index (χ3v) is 0.996. The summed E-state index contributed by atoms with van der Waals surface area (Å²) in [6.07, 6.45) is 0. The molecule has 2 N–H and O–H groups in total. The second kappa shape index (κ2) is 5.49. The SMILES string of the molecule is COCCONCC(C)(C)O. The number of hydrogen-bond donors (Lipinski definition) is 2. The van der Waals surface area contributed by atoms with Crippen LogP contribution in [0.2, 0.25) is 0 Å². The van der Waals surface area contributed by atoms with Crippen LogP contribution in [0.25, 0.3) is 0 Å². The van der Waals surface area contributed by atoms with Gasteiger partial charge in [0.05, 0.1) is 18.8 Å². The van der Waals surface area contributed by atoms with Gasteiger partial charge in [0.25, 0.3) is 0 Å². The van der Waals surface area contributed by atoms with Crippen LogP contribution < -0.4 is 5.48 Å². The Morgan fingerprint density at radius 3 is 2.45 bits per heavy atom. The van der Waals surface area contributed by atoms with Crippen LogP contribution >= 0.6 is 0 Å². The van der Waals surface area contributed by atoms with Crippen molar-refractivity contribution in [2.24, 2.45) is 0 Å². The molecule has 0 fully saturated rings. The third kappa shape index (κ3) is 9.84. The topological polar surface area (TPSA) is 50.7 Å². The molecule has 0 radical (unpaired) electrons. The molecule has 0 unspecified atom stereocenters. The van der Waals surface area contributed by atoms with Crippen molar-refractivity contribution in [1.82, 2.24) is 5.48 Å². The summed E-state index contributed by atoms with van der Waals surface area (Å²) in [5, 5.41) is 9.20. The van der Waals surface area contributed by atoms with Crippen LogP contribution in [-0.4, -0.2) is 37.6 Å². The molecule has 0 aliphatic carbocycles. The fourth-order valence-corrected chi connectivity index (χ4v) is 0.425.